The lowest BCUT2D eigenvalue weighted by atomic mass is 10.1. The molecular formula is C19H19N3O5S. The first-order valence-corrected chi connectivity index (χ1v) is 9.66. The molecule has 146 valence electrons. The molecule has 1 aliphatic rings. The second-order valence-electron chi connectivity index (χ2n) is 5.74. The van der Waals surface area contributed by atoms with Crippen LogP contribution >= 0.6 is 11.8 Å². The first-order chi connectivity index (χ1) is 13.6. The highest BCUT2D eigenvalue weighted by Crippen LogP contribution is 2.28. The minimum absolute atomic E-state index is 0.00894. The summed E-state index contributed by atoms with van der Waals surface area (Å²) in [6, 6.07) is 11.1. The summed E-state index contributed by atoms with van der Waals surface area (Å²) in [5.41, 5.74) is 1.74. The quantitative estimate of drug-likeness (QED) is 0.561. The number of nitrogens with zero attached hydrogens (tertiary/aromatic N) is 2. The average Bonchev–Trinajstić information content (AvgIpc) is 3.31. The predicted octanol–water partition coefficient (Wildman–Crippen LogP) is 2.21. The molecule has 2 heterocycles. The lowest BCUT2D eigenvalue weighted by Crippen LogP contribution is -2.29. The van der Waals surface area contributed by atoms with Gasteiger partial charge in [-0.15, -0.1) is 0 Å². The van der Waals surface area contributed by atoms with Crippen molar-refractivity contribution >= 4 is 29.6 Å². The maximum Gasteiger partial charge on any atom is 0.356 e. The van der Waals surface area contributed by atoms with Crippen molar-refractivity contribution in [2.24, 2.45) is 0 Å². The van der Waals surface area contributed by atoms with Gasteiger partial charge in [0, 0.05) is 5.56 Å². The highest BCUT2D eigenvalue weighted by molar-refractivity contribution is 8.04. The van der Waals surface area contributed by atoms with Crippen LogP contribution < -0.4 is 0 Å². The molecule has 3 rings (SSSR count). The highest BCUT2D eigenvalue weighted by Gasteiger charge is 2.27. The van der Waals surface area contributed by atoms with Gasteiger partial charge < -0.3 is 14.4 Å². The number of ether oxygens (including phenoxy) is 2. The molecule has 1 aromatic heterocycles. The van der Waals surface area contributed by atoms with E-state index in [1.165, 1.54) is 22.7 Å². The zero-order chi connectivity index (χ0) is 19.9. The average molecular weight is 401 g/mol. The normalized spacial score (nSPS) is 15.1. The van der Waals surface area contributed by atoms with Gasteiger partial charge in [-0.3, -0.25) is 9.89 Å². The van der Waals surface area contributed by atoms with Crippen molar-refractivity contribution < 1.29 is 23.9 Å². The lowest BCUT2D eigenvalue weighted by molar-refractivity contribution is -0.137. The molecular weight excluding hydrogens is 382 g/mol. The van der Waals surface area contributed by atoms with Crippen LogP contribution in [0.5, 0.6) is 0 Å². The molecule has 1 N–H and O–H groups in total. The van der Waals surface area contributed by atoms with Gasteiger partial charge in [0.05, 0.1) is 35.7 Å². The number of hydrogen-bond acceptors (Lipinski definition) is 7. The first-order valence-electron chi connectivity index (χ1n) is 8.68. The fourth-order valence-corrected chi connectivity index (χ4v) is 3.50. The molecule has 0 saturated carbocycles. The highest BCUT2D eigenvalue weighted by atomic mass is 32.2. The van der Waals surface area contributed by atoms with E-state index in [4.69, 9.17) is 9.47 Å². The molecule has 0 spiro atoms. The van der Waals surface area contributed by atoms with E-state index in [9.17, 15) is 14.4 Å². The Hall–Kier alpha value is -3.07. The van der Waals surface area contributed by atoms with Gasteiger partial charge in [-0.2, -0.15) is 5.10 Å². The Morgan fingerprint density at radius 2 is 2.07 bits per heavy atom. The number of aromatic amines is 1. The third kappa shape index (κ3) is 4.80. The molecule has 1 amide bonds. The van der Waals surface area contributed by atoms with Gasteiger partial charge in [-0.05, 0) is 13.0 Å². The summed E-state index contributed by atoms with van der Waals surface area (Å²) >= 11 is 1.25. The minimum Gasteiger partial charge on any atom is -0.463 e. The summed E-state index contributed by atoms with van der Waals surface area (Å²) in [6.07, 6.45) is 1.28. The van der Waals surface area contributed by atoms with Crippen LogP contribution in [0.15, 0.2) is 47.5 Å². The molecule has 1 fully saturated rings. The van der Waals surface area contributed by atoms with Gasteiger partial charge in [0.1, 0.15) is 12.3 Å². The van der Waals surface area contributed by atoms with Crippen LogP contribution in [-0.2, 0) is 19.1 Å². The van der Waals surface area contributed by atoms with E-state index in [0.29, 0.717) is 10.7 Å². The topological polar surface area (TPSA) is 102 Å². The maximum atomic E-state index is 12.2. The summed E-state index contributed by atoms with van der Waals surface area (Å²) in [7, 11) is 0. The number of H-pyrrole nitrogens is 1. The molecule has 1 saturated heterocycles. The van der Waals surface area contributed by atoms with Crippen LogP contribution in [-0.4, -0.2) is 58.5 Å². The minimum atomic E-state index is -0.565. The Kier molecular flexibility index (Phi) is 6.49. The van der Waals surface area contributed by atoms with E-state index in [-0.39, 0.29) is 37.1 Å². The Morgan fingerprint density at radius 1 is 1.29 bits per heavy atom. The third-order valence-corrected chi connectivity index (χ3v) is 4.88. The van der Waals surface area contributed by atoms with Crippen LogP contribution in [0, 0.1) is 0 Å². The van der Waals surface area contributed by atoms with Crippen molar-refractivity contribution in [2.45, 2.75) is 6.92 Å². The molecule has 0 atom stereocenters. The molecule has 0 unspecified atom stereocenters. The number of amides is 1. The zero-order valence-electron chi connectivity index (χ0n) is 15.2. The Balaban J connectivity index is 1.55. The molecule has 2 aromatic rings. The van der Waals surface area contributed by atoms with Gasteiger partial charge in [0.25, 0.3) is 0 Å². The Bertz CT molecular complexity index is 894. The number of rotatable bonds is 7. The van der Waals surface area contributed by atoms with E-state index >= 15 is 0 Å². The van der Waals surface area contributed by atoms with Gasteiger partial charge in [0.15, 0.2) is 0 Å². The van der Waals surface area contributed by atoms with Gasteiger partial charge in [-0.1, -0.05) is 42.1 Å². The van der Waals surface area contributed by atoms with Crippen molar-refractivity contribution in [1.29, 1.82) is 0 Å². The lowest BCUT2D eigenvalue weighted by Gasteiger charge is -2.16. The van der Waals surface area contributed by atoms with Gasteiger partial charge in [-0.25, -0.2) is 9.59 Å². The second kappa shape index (κ2) is 9.23. The van der Waals surface area contributed by atoms with Crippen LogP contribution in [0.3, 0.4) is 0 Å². The van der Waals surface area contributed by atoms with Crippen molar-refractivity contribution in [3.8, 4) is 11.3 Å². The van der Waals surface area contributed by atoms with E-state index in [0.717, 1.165) is 5.56 Å². The number of carbonyl (C=O) groups is 3. The van der Waals surface area contributed by atoms with E-state index in [2.05, 4.69) is 10.2 Å². The fraction of sp³-hybridized carbons (Fsp3) is 0.263. The molecule has 8 nitrogen and oxygen atoms in total. The van der Waals surface area contributed by atoms with E-state index in [1.807, 2.05) is 30.3 Å². The molecule has 0 bridgehead atoms. The molecule has 0 aliphatic carbocycles. The number of thioether (sulfide) groups is 1. The first kappa shape index (κ1) is 19.7. The number of nitrogens with one attached hydrogen (secondary N) is 1. The zero-order valence-corrected chi connectivity index (χ0v) is 16.0. The van der Waals surface area contributed by atoms with Crippen LogP contribution in [0.1, 0.15) is 17.4 Å². The SMILES string of the molecule is CCOC(=O)/C=C1\SCC(=O)N1CCOC(=O)c1cc(-c2ccccc2)n[nH]1. The van der Waals surface area contributed by atoms with Crippen molar-refractivity contribution in [3.05, 3.63) is 53.2 Å². The fourth-order valence-electron chi connectivity index (χ4n) is 2.54. The van der Waals surface area contributed by atoms with Crippen molar-refractivity contribution in [2.75, 3.05) is 25.5 Å². The van der Waals surface area contributed by atoms with E-state index < -0.39 is 11.9 Å². The molecule has 9 heteroatoms. The van der Waals surface area contributed by atoms with Gasteiger partial charge >= 0.3 is 11.9 Å². The van der Waals surface area contributed by atoms with Crippen LogP contribution in [0.2, 0.25) is 0 Å². The second-order valence-corrected chi connectivity index (χ2v) is 6.73. The molecule has 1 aliphatic heterocycles. The van der Waals surface area contributed by atoms with E-state index in [1.54, 1.807) is 13.0 Å². The predicted molar refractivity (Wildman–Crippen MR) is 103 cm³/mol. The van der Waals surface area contributed by atoms with Gasteiger partial charge in [0.2, 0.25) is 5.91 Å². The Morgan fingerprint density at radius 3 is 2.82 bits per heavy atom. The Labute approximate surface area is 165 Å². The molecule has 1 aromatic carbocycles. The number of esters is 2. The summed E-state index contributed by atoms with van der Waals surface area (Å²) < 4.78 is 10.1. The number of benzene rings is 1. The summed E-state index contributed by atoms with van der Waals surface area (Å²) in [5.74, 6) is -0.984. The summed E-state index contributed by atoms with van der Waals surface area (Å²) in [6.45, 7) is 2.11. The summed E-state index contributed by atoms with van der Waals surface area (Å²) in [4.78, 5) is 37.2. The summed E-state index contributed by atoms with van der Waals surface area (Å²) in [5, 5.41) is 7.26. The standard InChI is InChI=1S/C19H19N3O5S/c1-2-26-18(24)11-17-22(16(23)12-28-17)8-9-27-19(25)15-10-14(20-21-15)13-6-4-3-5-7-13/h3-7,10-11H,2,8-9,12H2,1H3,(H,20,21)/b17-11-. The van der Waals surface area contributed by atoms with Crippen LogP contribution in [0.25, 0.3) is 11.3 Å². The monoisotopic (exact) mass is 401 g/mol. The van der Waals surface area contributed by atoms with Crippen molar-refractivity contribution in [1.82, 2.24) is 15.1 Å². The van der Waals surface area contributed by atoms with Crippen molar-refractivity contribution in [3.63, 3.8) is 0 Å². The molecule has 28 heavy (non-hydrogen) atoms. The number of carbonyl (C=O) groups excluding carboxylic acids is 3. The molecule has 0 radical (unpaired) electrons. The van der Waals surface area contributed by atoms with Crippen LogP contribution in [0.4, 0.5) is 0 Å². The number of aromatic nitrogens is 2. The largest absolute Gasteiger partial charge is 0.463 e. The maximum absolute atomic E-state index is 12.2. The number of hydrogen-bond donors (Lipinski definition) is 1. The smallest absolute Gasteiger partial charge is 0.356 e. The third-order valence-electron chi connectivity index (χ3n) is 3.85.